The van der Waals surface area contributed by atoms with Crippen molar-refractivity contribution in [3.05, 3.63) is 61.1 Å². The van der Waals surface area contributed by atoms with Crippen LogP contribution < -0.4 is 10.2 Å². The number of hydrogen-bond donors (Lipinski definition) is 1. The number of hydrogen-bond acceptors (Lipinski definition) is 4. The van der Waals surface area contributed by atoms with E-state index in [-0.39, 0.29) is 6.03 Å². The summed E-state index contributed by atoms with van der Waals surface area (Å²) in [5.74, 6) is 1.10. The predicted octanol–water partition coefficient (Wildman–Crippen LogP) is 2.86. The van der Waals surface area contributed by atoms with Crippen molar-refractivity contribution in [1.82, 2.24) is 29.4 Å². The van der Waals surface area contributed by atoms with Crippen LogP contribution in [0.1, 0.15) is 0 Å². The summed E-state index contributed by atoms with van der Waals surface area (Å²) in [6, 6.07) is 14.7. The molecule has 0 saturated carbocycles. The molecule has 1 aromatic carbocycles. The molecule has 1 aliphatic heterocycles. The number of benzene rings is 1. The molecule has 1 aliphatic rings. The third-order valence-corrected chi connectivity index (χ3v) is 5.83. The zero-order chi connectivity index (χ0) is 21.4. The Kier molecular flexibility index (Phi) is 4.82. The molecule has 8 heteroatoms. The summed E-state index contributed by atoms with van der Waals surface area (Å²) in [6.07, 6.45) is 5.82. The summed E-state index contributed by atoms with van der Waals surface area (Å²) in [4.78, 5) is 20.7. The van der Waals surface area contributed by atoms with Gasteiger partial charge in [-0.25, -0.2) is 9.78 Å². The van der Waals surface area contributed by atoms with Gasteiger partial charge < -0.3 is 15.1 Å². The highest BCUT2D eigenvalue weighted by Gasteiger charge is 2.22. The number of carbonyl (C=O) groups is 1. The number of nitrogens with zero attached hydrogens (tertiary/aromatic N) is 6. The van der Waals surface area contributed by atoms with E-state index in [9.17, 15) is 4.79 Å². The van der Waals surface area contributed by atoms with Crippen LogP contribution in [0.5, 0.6) is 0 Å². The number of fused-ring (bicyclic) bond motifs is 1. The van der Waals surface area contributed by atoms with Crippen molar-refractivity contribution in [1.29, 1.82) is 0 Å². The van der Waals surface area contributed by atoms with Gasteiger partial charge in [0.1, 0.15) is 11.5 Å². The molecule has 0 bridgehead atoms. The Labute approximate surface area is 180 Å². The molecular weight excluding hydrogens is 390 g/mol. The second kappa shape index (κ2) is 7.79. The van der Waals surface area contributed by atoms with Gasteiger partial charge in [0, 0.05) is 57.6 Å². The summed E-state index contributed by atoms with van der Waals surface area (Å²) < 4.78 is 4.01. The van der Waals surface area contributed by atoms with E-state index in [0.29, 0.717) is 13.1 Å². The monoisotopic (exact) mass is 415 g/mol. The minimum absolute atomic E-state index is 0.0186. The Hall–Kier alpha value is -3.81. The van der Waals surface area contributed by atoms with Crippen LogP contribution in [0.2, 0.25) is 0 Å². The van der Waals surface area contributed by atoms with Gasteiger partial charge in [-0.15, -0.1) is 0 Å². The highest BCUT2D eigenvalue weighted by atomic mass is 16.2. The molecule has 158 valence electrons. The molecule has 4 heterocycles. The van der Waals surface area contributed by atoms with Crippen LogP contribution in [0, 0.1) is 0 Å². The molecule has 8 nitrogen and oxygen atoms in total. The maximum Gasteiger partial charge on any atom is 0.317 e. The van der Waals surface area contributed by atoms with Gasteiger partial charge in [0.25, 0.3) is 0 Å². The third kappa shape index (κ3) is 3.50. The van der Waals surface area contributed by atoms with Crippen molar-refractivity contribution in [3.63, 3.8) is 0 Å². The number of pyridine rings is 1. The molecule has 0 unspecified atom stereocenters. The van der Waals surface area contributed by atoms with Gasteiger partial charge >= 0.3 is 6.03 Å². The van der Waals surface area contributed by atoms with Crippen molar-refractivity contribution in [2.24, 2.45) is 7.05 Å². The first-order chi connectivity index (χ1) is 15.1. The Morgan fingerprint density at radius 3 is 2.35 bits per heavy atom. The van der Waals surface area contributed by atoms with E-state index < -0.39 is 0 Å². The molecule has 0 spiro atoms. The van der Waals surface area contributed by atoms with Crippen LogP contribution in [0.4, 0.5) is 10.6 Å². The third-order valence-electron chi connectivity index (χ3n) is 5.83. The van der Waals surface area contributed by atoms with E-state index in [4.69, 9.17) is 0 Å². The minimum Gasteiger partial charge on any atom is -0.354 e. The number of amides is 2. The van der Waals surface area contributed by atoms with Gasteiger partial charge in [-0.05, 0) is 17.7 Å². The predicted molar refractivity (Wildman–Crippen MR) is 121 cm³/mol. The Morgan fingerprint density at radius 2 is 1.68 bits per heavy atom. The lowest BCUT2D eigenvalue weighted by Gasteiger charge is -2.36. The fraction of sp³-hybridized carbons (Fsp3) is 0.261. The summed E-state index contributed by atoms with van der Waals surface area (Å²) in [6.45, 7) is 2.95. The Balaban J connectivity index is 1.46. The molecule has 2 amide bonds. The fourth-order valence-electron chi connectivity index (χ4n) is 4.17. The largest absolute Gasteiger partial charge is 0.354 e. The van der Waals surface area contributed by atoms with Gasteiger partial charge in [-0.1, -0.05) is 30.3 Å². The summed E-state index contributed by atoms with van der Waals surface area (Å²) in [5, 5.41) is 6.97. The SMILES string of the molecule is CNC(=O)N1CCN(c2cccc3ncc(-c4ccc(-c5cnn(C)c5)cc4)n23)CC1. The van der Waals surface area contributed by atoms with Gasteiger partial charge in [-0.3, -0.25) is 9.08 Å². The lowest BCUT2D eigenvalue weighted by molar-refractivity contribution is 0.196. The van der Waals surface area contributed by atoms with Crippen LogP contribution in [0.3, 0.4) is 0 Å². The van der Waals surface area contributed by atoms with Gasteiger partial charge in [-0.2, -0.15) is 5.10 Å². The molecular formula is C23H25N7O. The van der Waals surface area contributed by atoms with E-state index in [2.05, 4.69) is 55.0 Å². The van der Waals surface area contributed by atoms with E-state index in [1.807, 2.05) is 47.4 Å². The zero-order valence-electron chi connectivity index (χ0n) is 17.7. The van der Waals surface area contributed by atoms with E-state index in [1.165, 1.54) is 0 Å². The van der Waals surface area contributed by atoms with Crippen molar-refractivity contribution >= 4 is 17.5 Å². The molecule has 1 saturated heterocycles. The smallest absolute Gasteiger partial charge is 0.317 e. The van der Waals surface area contributed by atoms with Crippen molar-refractivity contribution in [2.75, 3.05) is 38.1 Å². The summed E-state index contributed by atoms with van der Waals surface area (Å²) in [5.41, 5.74) is 5.31. The number of urea groups is 1. The molecule has 1 N–H and O–H groups in total. The zero-order valence-corrected chi connectivity index (χ0v) is 17.7. The number of anilines is 1. The van der Waals surface area contributed by atoms with Crippen LogP contribution in [-0.2, 0) is 7.05 Å². The quantitative estimate of drug-likeness (QED) is 0.559. The lowest BCUT2D eigenvalue weighted by atomic mass is 10.1. The lowest BCUT2D eigenvalue weighted by Crippen LogP contribution is -2.51. The summed E-state index contributed by atoms with van der Waals surface area (Å²) >= 11 is 0. The van der Waals surface area contributed by atoms with Crippen LogP contribution in [-0.4, -0.2) is 63.3 Å². The number of aromatic nitrogens is 4. The first-order valence-electron chi connectivity index (χ1n) is 10.4. The number of piperazine rings is 1. The van der Waals surface area contributed by atoms with Crippen molar-refractivity contribution < 1.29 is 4.79 Å². The maximum atomic E-state index is 11.9. The molecule has 1 fully saturated rings. The summed E-state index contributed by atoms with van der Waals surface area (Å²) in [7, 11) is 3.60. The average Bonchev–Trinajstić information content (AvgIpc) is 3.45. The minimum atomic E-state index is -0.0186. The molecule has 31 heavy (non-hydrogen) atoms. The van der Waals surface area contributed by atoms with Crippen molar-refractivity contribution in [3.8, 4) is 22.4 Å². The fourth-order valence-corrected chi connectivity index (χ4v) is 4.17. The van der Waals surface area contributed by atoms with E-state index in [1.54, 1.807) is 7.05 Å². The van der Waals surface area contributed by atoms with Crippen LogP contribution >= 0.6 is 0 Å². The Morgan fingerprint density at radius 1 is 0.935 bits per heavy atom. The molecule has 4 aromatic rings. The van der Waals surface area contributed by atoms with E-state index in [0.717, 1.165) is 46.9 Å². The number of imidazole rings is 1. The highest BCUT2D eigenvalue weighted by Crippen LogP contribution is 2.29. The normalized spacial score (nSPS) is 14.3. The number of carbonyl (C=O) groups excluding carboxylic acids is 1. The van der Waals surface area contributed by atoms with Gasteiger partial charge in [0.2, 0.25) is 0 Å². The topological polar surface area (TPSA) is 70.7 Å². The number of rotatable bonds is 3. The standard InChI is InChI=1S/C23H25N7O/c1-24-23(31)29-12-10-28(11-13-29)22-5-3-4-21-25-15-20(30(21)22)18-8-6-17(7-9-18)19-14-26-27(2)16-19/h3-9,14-16H,10-13H2,1-2H3,(H,24,31). The first-order valence-corrected chi connectivity index (χ1v) is 10.4. The maximum absolute atomic E-state index is 11.9. The molecule has 3 aromatic heterocycles. The second-order valence-corrected chi connectivity index (χ2v) is 7.73. The van der Waals surface area contributed by atoms with Gasteiger partial charge in [0.15, 0.2) is 0 Å². The molecule has 0 aliphatic carbocycles. The molecule has 5 rings (SSSR count). The number of aryl methyl sites for hydroxylation is 1. The van der Waals surface area contributed by atoms with Crippen LogP contribution in [0.25, 0.3) is 28.0 Å². The number of nitrogens with one attached hydrogen (secondary N) is 1. The van der Waals surface area contributed by atoms with Gasteiger partial charge in [0.05, 0.1) is 18.1 Å². The second-order valence-electron chi connectivity index (χ2n) is 7.73. The van der Waals surface area contributed by atoms with Crippen LogP contribution in [0.15, 0.2) is 61.1 Å². The van der Waals surface area contributed by atoms with E-state index >= 15 is 0 Å². The first kappa shape index (κ1) is 19.2. The van der Waals surface area contributed by atoms with Crippen molar-refractivity contribution in [2.45, 2.75) is 0 Å². The molecule has 0 radical (unpaired) electrons. The highest BCUT2D eigenvalue weighted by molar-refractivity contribution is 5.74. The molecule has 0 atom stereocenters. The Bertz CT molecular complexity index is 1220. The average molecular weight is 416 g/mol.